The lowest BCUT2D eigenvalue weighted by atomic mass is 9.82. The molecule has 0 heterocycles. The van der Waals surface area contributed by atoms with Gasteiger partial charge < -0.3 is 14.9 Å². The van der Waals surface area contributed by atoms with E-state index in [1.54, 1.807) is 13.0 Å². The smallest absolute Gasteiger partial charge is 0.307 e. The van der Waals surface area contributed by atoms with Crippen LogP contribution < -0.4 is 0 Å². The second kappa shape index (κ2) is 4.82. The SMILES string of the molecule is CCOC1=CCC(C(=O)O)C(C(=O)O)C1. The van der Waals surface area contributed by atoms with E-state index >= 15 is 0 Å². The van der Waals surface area contributed by atoms with Gasteiger partial charge >= 0.3 is 11.9 Å². The molecule has 0 bridgehead atoms. The first-order valence-corrected chi connectivity index (χ1v) is 4.83. The molecule has 0 spiro atoms. The van der Waals surface area contributed by atoms with E-state index in [4.69, 9.17) is 14.9 Å². The standard InChI is InChI=1S/C10H14O5/c1-2-15-6-3-4-7(9(11)12)8(5-6)10(13)14/h3,7-8H,2,4-5H2,1H3,(H,11,12)(H,13,14). The van der Waals surface area contributed by atoms with Crippen molar-refractivity contribution in [3.8, 4) is 0 Å². The Balaban J connectivity index is 2.78. The average Bonchev–Trinajstić information content (AvgIpc) is 2.17. The molecule has 2 N–H and O–H groups in total. The Bertz CT molecular complexity index is 294. The Hall–Kier alpha value is -1.52. The highest BCUT2D eigenvalue weighted by Gasteiger charge is 2.36. The molecule has 0 aliphatic heterocycles. The number of hydrogen-bond acceptors (Lipinski definition) is 3. The molecule has 0 saturated carbocycles. The summed E-state index contributed by atoms with van der Waals surface area (Å²) >= 11 is 0. The number of carboxylic acids is 2. The molecule has 1 aliphatic rings. The van der Waals surface area contributed by atoms with Crippen LogP contribution in [0.4, 0.5) is 0 Å². The molecule has 0 radical (unpaired) electrons. The minimum atomic E-state index is -1.08. The normalized spacial score (nSPS) is 25.5. The summed E-state index contributed by atoms with van der Waals surface area (Å²) in [5.74, 6) is -3.27. The molecule has 1 rings (SSSR count). The minimum Gasteiger partial charge on any atom is -0.499 e. The fourth-order valence-electron chi connectivity index (χ4n) is 1.70. The number of ether oxygens (including phenoxy) is 1. The highest BCUT2D eigenvalue weighted by molar-refractivity contribution is 5.80. The lowest BCUT2D eigenvalue weighted by Gasteiger charge is -2.25. The lowest BCUT2D eigenvalue weighted by Crippen LogP contribution is -2.32. The Kier molecular flexibility index (Phi) is 3.71. The molecule has 0 aromatic carbocycles. The molecule has 0 saturated heterocycles. The Labute approximate surface area is 87.4 Å². The molecule has 0 aromatic heterocycles. The average molecular weight is 214 g/mol. The summed E-state index contributed by atoms with van der Waals surface area (Å²) in [5.41, 5.74) is 0. The van der Waals surface area contributed by atoms with E-state index in [-0.39, 0.29) is 12.8 Å². The van der Waals surface area contributed by atoms with Gasteiger partial charge in [0.2, 0.25) is 0 Å². The van der Waals surface area contributed by atoms with Crippen LogP contribution in [0, 0.1) is 11.8 Å². The zero-order valence-corrected chi connectivity index (χ0v) is 8.47. The van der Waals surface area contributed by atoms with Crippen molar-refractivity contribution in [2.75, 3.05) is 6.61 Å². The number of carbonyl (C=O) groups is 2. The van der Waals surface area contributed by atoms with Gasteiger partial charge in [0.05, 0.1) is 24.2 Å². The molecule has 5 heteroatoms. The summed E-state index contributed by atoms with van der Waals surface area (Å²) in [4.78, 5) is 21.7. The maximum absolute atomic E-state index is 10.9. The predicted octanol–water partition coefficient (Wildman–Crippen LogP) is 1.10. The first-order chi connectivity index (χ1) is 7.06. The van der Waals surface area contributed by atoms with E-state index in [0.717, 1.165) is 0 Å². The number of carboxylic acid groups (broad SMARTS) is 2. The zero-order chi connectivity index (χ0) is 11.4. The van der Waals surface area contributed by atoms with E-state index < -0.39 is 23.8 Å². The van der Waals surface area contributed by atoms with Crippen LogP contribution in [0.25, 0.3) is 0 Å². The van der Waals surface area contributed by atoms with Gasteiger partial charge in [-0.25, -0.2) is 0 Å². The van der Waals surface area contributed by atoms with E-state index in [1.807, 2.05) is 0 Å². The summed E-state index contributed by atoms with van der Waals surface area (Å²) < 4.78 is 5.20. The Morgan fingerprint density at radius 3 is 2.47 bits per heavy atom. The third kappa shape index (κ3) is 2.71. The topological polar surface area (TPSA) is 83.8 Å². The summed E-state index contributed by atoms with van der Waals surface area (Å²) in [5, 5.41) is 17.7. The number of rotatable bonds is 4. The van der Waals surface area contributed by atoms with Crippen molar-refractivity contribution in [3.05, 3.63) is 11.8 Å². The van der Waals surface area contributed by atoms with Gasteiger partial charge in [-0.2, -0.15) is 0 Å². The second-order valence-electron chi connectivity index (χ2n) is 3.43. The molecule has 0 fully saturated rings. The van der Waals surface area contributed by atoms with Crippen LogP contribution in [-0.2, 0) is 14.3 Å². The quantitative estimate of drug-likeness (QED) is 0.732. The van der Waals surface area contributed by atoms with Gasteiger partial charge in [0.1, 0.15) is 0 Å². The minimum absolute atomic E-state index is 0.167. The zero-order valence-electron chi connectivity index (χ0n) is 8.47. The third-order valence-corrected chi connectivity index (χ3v) is 2.47. The van der Waals surface area contributed by atoms with Gasteiger partial charge in [-0.3, -0.25) is 9.59 Å². The van der Waals surface area contributed by atoms with Crippen molar-refractivity contribution < 1.29 is 24.5 Å². The fourth-order valence-corrected chi connectivity index (χ4v) is 1.70. The van der Waals surface area contributed by atoms with Gasteiger partial charge in [-0.05, 0) is 19.4 Å². The first kappa shape index (κ1) is 11.6. The van der Waals surface area contributed by atoms with Crippen LogP contribution in [0.1, 0.15) is 19.8 Å². The summed E-state index contributed by atoms with van der Waals surface area (Å²) in [6.45, 7) is 2.27. The van der Waals surface area contributed by atoms with Crippen molar-refractivity contribution in [3.63, 3.8) is 0 Å². The highest BCUT2D eigenvalue weighted by atomic mass is 16.5. The molecule has 0 amide bonds. The molecule has 0 aromatic rings. The van der Waals surface area contributed by atoms with E-state index in [0.29, 0.717) is 12.4 Å². The van der Waals surface area contributed by atoms with Gasteiger partial charge in [0.15, 0.2) is 0 Å². The van der Waals surface area contributed by atoms with E-state index in [9.17, 15) is 9.59 Å². The monoisotopic (exact) mass is 214 g/mol. The largest absolute Gasteiger partial charge is 0.499 e. The maximum atomic E-state index is 10.9. The maximum Gasteiger partial charge on any atom is 0.307 e. The van der Waals surface area contributed by atoms with Crippen LogP contribution in [-0.4, -0.2) is 28.8 Å². The number of hydrogen-bond donors (Lipinski definition) is 2. The van der Waals surface area contributed by atoms with Gasteiger partial charge in [-0.1, -0.05) is 0 Å². The summed E-state index contributed by atoms with van der Waals surface area (Å²) in [6.07, 6.45) is 2.06. The van der Waals surface area contributed by atoms with E-state index in [2.05, 4.69) is 0 Å². The van der Waals surface area contributed by atoms with Crippen LogP contribution in [0.2, 0.25) is 0 Å². The molecule has 2 atom stereocenters. The third-order valence-electron chi connectivity index (χ3n) is 2.47. The van der Waals surface area contributed by atoms with Gasteiger partial charge in [0, 0.05) is 6.42 Å². The highest BCUT2D eigenvalue weighted by Crippen LogP contribution is 2.30. The molecule has 84 valence electrons. The Morgan fingerprint density at radius 1 is 1.40 bits per heavy atom. The Morgan fingerprint density at radius 2 is 2.00 bits per heavy atom. The molecule has 2 unspecified atom stereocenters. The van der Waals surface area contributed by atoms with Crippen molar-refractivity contribution in [2.45, 2.75) is 19.8 Å². The van der Waals surface area contributed by atoms with Crippen molar-refractivity contribution in [2.24, 2.45) is 11.8 Å². The van der Waals surface area contributed by atoms with E-state index in [1.165, 1.54) is 0 Å². The fraction of sp³-hybridized carbons (Fsp3) is 0.600. The van der Waals surface area contributed by atoms with Crippen LogP contribution in [0.5, 0.6) is 0 Å². The molecular weight excluding hydrogens is 200 g/mol. The molecule has 5 nitrogen and oxygen atoms in total. The number of allylic oxidation sites excluding steroid dienone is 2. The number of aliphatic carboxylic acids is 2. The summed E-state index contributed by atoms with van der Waals surface area (Å²) in [6, 6.07) is 0. The van der Waals surface area contributed by atoms with Crippen LogP contribution >= 0.6 is 0 Å². The molecular formula is C10H14O5. The van der Waals surface area contributed by atoms with Crippen LogP contribution in [0.15, 0.2) is 11.8 Å². The molecule has 1 aliphatic carbocycles. The van der Waals surface area contributed by atoms with Gasteiger partial charge in [0.25, 0.3) is 0 Å². The molecule has 15 heavy (non-hydrogen) atoms. The summed E-state index contributed by atoms with van der Waals surface area (Å²) in [7, 11) is 0. The first-order valence-electron chi connectivity index (χ1n) is 4.83. The van der Waals surface area contributed by atoms with Crippen molar-refractivity contribution in [1.82, 2.24) is 0 Å². The lowest BCUT2D eigenvalue weighted by molar-refractivity contribution is -0.154. The van der Waals surface area contributed by atoms with Crippen LogP contribution in [0.3, 0.4) is 0 Å². The predicted molar refractivity (Wildman–Crippen MR) is 51.2 cm³/mol. The second-order valence-corrected chi connectivity index (χ2v) is 3.43. The van der Waals surface area contributed by atoms with Crippen molar-refractivity contribution >= 4 is 11.9 Å². The van der Waals surface area contributed by atoms with Gasteiger partial charge in [-0.15, -0.1) is 0 Å². The van der Waals surface area contributed by atoms with Crippen molar-refractivity contribution in [1.29, 1.82) is 0 Å².